The van der Waals surface area contributed by atoms with Crippen molar-refractivity contribution in [3.63, 3.8) is 0 Å². The maximum atomic E-state index is 13.7. The number of amides is 2. The number of hydrogen-bond donors (Lipinski definition) is 2. The van der Waals surface area contributed by atoms with E-state index in [2.05, 4.69) is 5.32 Å². The lowest BCUT2D eigenvalue weighted by Crippen LogP contribution is -2.50. The number of nitrogens with one attached hydrogen (secondary N) is 1. The van der Waals surface area contributed by atoms with Crippen molar-refractivity contribution >= 4 is 18.0 Å². The molecule has 32 heavy (non-hydrogen) atoms. The van der Waals surface area contributed by atoms with Crippen LogP contribution in [0.4, 0.5) is 13.6 Å². The van der Waals surface area contributed by atoms with E-state index in [-0.39, 0.29) is 12.5 Å². The summed E-state index contributed by atoms with van der Waals surface area (Å²) in [5, 5.41) is 11.5. The molecule has 2 amide bonds. The molecule has 2 aromatic carbocycles. The first kappa shape index (κ1) is 21.7. The van der Waals surface area contributed by atoms with Crippen LogP contribution in [0.1, 0.15) is 30.4 Å². The number of fused-ring (bicyclic) bond motifs is 3. The van der Waals surface area contributed by atoms with Crippen LogP contribution >= 0.6 is 0 Å². The monoisotopic (exact) mass is 444 g/mol. The van der Waals surface area contributed by atoms with Gasteiger partial charge in [-0.2, -0.15) is 0 Å². The first-order valence-corrected chi connectivity index (χ1v) is 10.2. The zero-order valence-corrected chi connectivity index (χ0v) is 17.3. The summed E-state index contributed by atoms with van der Waals surface area (Å²) in [6, 6.07) is 12.8. The standard InChI is InChI=1S/C23H22F2N2O5/c1-13(20(28)27-12-23(24,25)10-19(27)21(29)30)26-22(31)32-11-18-16-8-4-2-6-14(16)15-7-3-5-9-17(15)18/h2-9,13,18-19H,10-12H2,1H3,(H,26,31)(H,29,30)/t13-,19-/m0/s1. The predicted octanol–water partition coefficient (Wildman–Crippen LogP) is 3.23. The van der Waals surface area contributed by atoms with E-state index in [1.54, 1.807) is 0 Å². The highest BCUT2D eigenvalue weighted by molar-refractivity contribution is 5.89. The third-order valence-electron chi connectivity index (χ3n) is 5.89. The van der Waals surface area contributed by atoms with Crippen LogP contribution in [0.5, 0.6) is 0 Å². The molecule has 0 radical (unpaired) electrons. The van der Waals surface area contributed by atoms with Gasteiger partial charge in [-0.15, -0.1) is 0 Å². The van der Waals surface area contributed by atoms with Gasteiger partial charge in [-0.3, -0.25) is 4.79 Å². The van der Waals surface area contributed by atoms with Crippen molar-refractivity contribution in [3.8, 4) is 11.1 Å². The number of carbonyl (C=O) groups is 3. The van der Waals surface area contributed by atoms with Crippen molar-refractivity contribution < 1.29 is 33.0 Å². The Labute approximate surface area is 183 Å². The van der Waals surface area contributed by atoms with Crippen LogP contribution in [-0.4, -0.2) is 59.1 Å². The van der Waals surface area contributed by atoms with Gasteiger partial charge in [0.25, 0.3) is 5.92 Å². The van der Waals surface area contributed by atoms with Gasteiger partial charge in [-0.25, -0.2) is 18.4 Å². The summed E-state index contributed by atoms with van der Waals surface area (Å²) in [7, 11) is 0. The molecule has 1 saturated heterocycles. The molecule has 9 heteroatoms. The lowest BCUT2D eigenvalue weighted by molar-refractivity contribution is -0.148. The largest absolute Gasteiger partial charge is 0.480 e. The van der Waals surface area contributed by atoms with E-state index in [0.29, 0.717) is 4.90 Å². The third-order valence-corrected chi connectivity index (χ3v) is 5.89. The van der Waals surface area contributed by atoms with Gasteiger partial charge >= 0.3 is 12.1 Å². The number of alkyl halides is 2. The second kappa shape index (κ2) is 8.22. The topological polar surface area (TPSA) is 95.9 Å². The Balaban J connectivity index is 1.39. The quantitative estimate of drug-likeness (QED) is 0.738. The first-order chi connectivity index (χ1) is 15.2. The van der Waals surface area contributed by atoms with Crippen molar-refractivity contribution in [2.24, 2.45) is 0 Å². The summed E-state index contributed by atoms with van der Waals surface area (Å²) in [6.07, 6.45) is -1.84. The van der Waals surface area contributed by atoms with E-state index in [9.17, 15) is 23.2 Å². The van der Waals surface area contributed by atoms with E-state index in [1.165, 1.54) is 6.92 Å². The maximum Gasteiger partial charge on any atom is 0.407 e. The van der Waals surface area contributed by atoms with Gasteiger partial charge in [-0.05, 0) is 29.2 Å². The van der Waals surface area contributed by atoms with Crippen LogP contribution in [-0.2, 0) is 14.3 Å². The number of carboxylic acid groups (broad SMARTS) is 1. The molecule has 2 atom stereocenters. The molecule has 0 unspecified atom stereocenters. The molecule has 1 aliphatic carbocycles. The van der Waals surface area contributed by atoms with E-state index in [1.807, 2.05) is 48.5 Å². The lowest BCUT2D eigenvalue weighted by atomic mass is 9.98. The second-order valence-corrected chi connectivity index (χ2v) is 8.07. The normalized spacial score (nSPS) is 19.7. The molecule has 4 rings (SSSR count). The van der Waals surface area contributed by atoms with Gasteiger partial charge in [-0.1, -0.05) is 48.5 Å². The highest BCUT2D eigenvalue weighted by Crippen LogP contribution is 2.44. The fourth-order valence-electron chi connectivity index (χ4n) is 4.40. The zero-order valence-electron chi connectivity index (χ0n) is 17.3. The number of rotatable bonds is 5. The van der Waals surface area contributed by atoms with Gasteiger partial charge in [0.1, 0.15) is 18.7 Å². The minimum absolute atomic E-state index is 0.0281. The molecule has 1 aliphatic heterocycles. The van der Waals surface area contributed by atoms with Crippen molar-refractivity contribution in [3.05, 3.63) is 59.7 Å². The van der Waals surface area contributed by atoms with Crippen molar-refractivity contribution in [2.75, 3.05) is 13.2 Å². The minimum Gasteiger partial charge on any atom is -0.480 e. The van der Waals surface area contributed by atoms with Gasteiger partial charge in [0.15, 0.2) is 0 Å². The molecule has 2 N–H and O–H groups in total. The minimum atomic E-state index is -3.29. The highest BCUT2D eigenvalue weighted by Gasteiger charge is 2.50. The third kappa shape index (κ3) is 4.02. The van der Waals surface area contributed by atoms with E-state index in [0.717, 1.165) is 22.3 Å². The molecule has 2 aromatic rings. The lowest BCUT2D eigenvalue weighted by Gasteiger charge is -2.25. The zero-order chi connectivity index (χ0) is 23.0. The molecule has 0 bridgehead atoms. The van der Waals surface area contributed by atoms with Crippen molar-refractivity contribution in [1.29, 1.82) is 0 Å². The van der Waals surface area contributed by atoms with Gasteiger partial charge in [0, 0.05) is 12.3 Å². The number of benzene rings is 2. The number of likely N-dealkylation sites (tertiary alicyclic amines) is 1. The number of carboxylic acids is 1. The van der Waals surface area contributed by atoms with Gasteiger partial charge in [0.05, 0.1) is 6.54 Å². The van der Waals surface area contributed by atoms with Crippen LogP contribution in [0.2, 0.25) is 0 Å². The number of carbonyl (C=O) groups excluding carboxylic acids is 2. The average Bonchev–Trinajstić information content (AvgIpc) is 3.26. The fraction of sp³-hybridized carbons (Fsp3) is 0.348. The molecular weight excluding hydrogens is 422 g/mol. The number of alkyl carbamates (subject to hydrolysis) is 1. The molecule has 0 saturated carbocycles. The number of aliphatic carboxylic acids is 1. The second-order valence-electron chi connectivity index (χ2n) is 8.07. The summed E-state index contributed by atoms with van der Waals surface area (Å²) in [5.41, 5.74) is 4.18. The molecule has 7 nitrogen and oxygen atoms in total. The molecule has 1 fully saturated rings. The van der Waals surface area contributed by atoms with E-state index in [4.69, 9.17) is 9.84 Å². The Hall–Kier alpha value is -3.49. The summed E-state index contributed by atoms with van der Waals surface area (Å²) in [4.78, 5) is 36.7. The fourth-order valence-corrected chi connectivity index (χ4v) is 4.40. The molecule has 168 valence electrons. The molecule has 1 heterocycles. The molecule has 2 aliphatic rings. The van der Waals surface area contributed by atoms with Gasteiger partial charge in [0.2, 0.25) is 5.91 Å². The SMILES string of the molecule is C[C@H](NC(=O)OCC1c2ccccc2-c2ccccc21)C(=O)N1CC(F)(F)C[C@H]1C(=O)O. The van der Waals surface area contributed by atoms with Crippen molar-refractivity contribution in [2.45, 2.75) is 37.3 Å². The molecule has 0 aromatic heterocycles. The van der Waals surface area contributed by atoms with Crippen LogP contribution < -0.4 is 5.32 Å². The Kier molecular flexibility index (Phi) is 5.58. The smallest absolute Gasteiger partial charge is 0.407 e. The van der Waals surface area contributed by atoms with E-state index >= 15 is 0 Å². The predicted molar refractivity (Wildman–Crippen MR) is 110 cm³/mol. The molecular formula is C23H22F2N2O5. The average molecular weight is 444 g/mol. The summed E-state index contributed by atoms with van der Waals surface area (Å²) in [6.45, 7) is 0.332. The number of halogens is 2. The van der Waals surface area contributed by atoms with Crippen LogP contribution in [0.15, 0.2) is 48.5 Å². The van der Waals surface area contributed by atoms with Crippen LogP contribution in [0.3, 0.4) is 0 Å². The summed E-state index contributed by atoms with van der Waals surface area (Å²) in [5.74, 6) is -5.87. The van der Waals surface area contributed by atoms with Gasteiger partial charge < -0.3 is 20.1 Å². The Morgan fingerprint density at radius 2 is 1.69 bits per heavy atom. The summed E-state index contributed by atoms with van der Waals surface area (Å²) >= 11 is 0. The Morgan fingerprint density at radius 3 is 2.25 bits per heavy atom. The van der Waals surface area contributed by atoms with E-state index < -0.39 is 48.9 Å². The van der Waals surface area contributed by atoms with Crippen LogP contribution in [0, 0.1) is 0 Å². The number of ether oxygens (including phenoxy) is 1. The molecule has 0 spiro atoms. The highest BCUT2D eigenvalue weighted by atomic mass is 19.3. The first-order valence-electron chi connectivity index (χ1n) is 10.2. The van der Waals surface area contributed by atoms with Crippen molar-refractivity contribution in [1.82, 2.24) is 10.2 Å². The Bertz CT molecular complexity index is 1030. The summed E-state index contributed by atoms with van der Waals surface area (Å²) < 4.78 is 32.7. The van der Waals surface area contributed by atoms with Crippen LogP contribution in [0.25, 0.3) is 11.1 Å². The Morgan fingerprint density at radius 1 is 1.12 bits per heavy atom. The number of hydrogen-bond acceptors (Lipinski definition) is 4. The number of nitrogens with zero attached hydrogens (tertiary/aromatic N) is 1. The maximum absolute atomic E-state index is 13.7.